The lowest BCUT2D eigenvalue weighted by Crippen LogP contribution is -2.07. The minimum absolute atomic E-state index is 0.349. The van der Waals surface area contributed by atoms with Crippen molar-refractivity contribution < 1.29 is 13.2 Å². The Morgan fingerprint density at radius 2 is 2.06 bits per heavy atom. The summed E-state index contributed by atoms with van der Waals surface area (Å²) in [6.45, 7) is 0. The van der Waals surface area contributed by atoms with Gasteiger partial charge in [-0.05, 0) is 18.2 Å². The average molecular weight is 247 g/mol. The van der Waals surface area contributed by atoms with Crippen LogP contribution < -0.4 is 0 Å². The van der Waals surface area contributed by atoms with E-state index in [0.29, 0.717) is 11.3 Å². The number of aromatic amines is 1. The van der Waals surface area contributed by atoms with E-state index in [1.165, 1.54) is 6.20 Å². The summed E-state index contributed by atoms with van der Waals surface area (Å²) in [5.74, 6) is 0. The molecule has 84 valence electrons. The molecule has 0 bridgehead atoms. The lowest BCUT2D eigenvalue weighted by atomic mass is 10.1. The molecule has 0 aliphatic heterocycles. The van der Waals surface area contributed by atoms with E-state index in [4.69, 9.17) is 11.6 Å². The Labute approximate surface area is 94.1 Å². The molecule has 2 aromatic heterocycles. The molecular weight excluding hydrogens is 241 g/mol. The molecule has 16 heavy (non-hydrogen) atoms. The highest BCUT2D eigenvalue weighted by Crippen LogP contribution is 2.35. The highest BCUT2D eigenvalue weighted by Gasteiger charge is 2.34. The van der Waals surface area contributed by atoms with Gasteiger partial charge in [-0.15, -0.1) is 0 Å². The molecule has 1 N–H and O–H groups in total. The first-order chi connectivity index (χ1) is 7.48. The molecule has 0 saturated carbocycles. The molecule has 2 nitrogen and oxygen atoms in total. The zero-order valence-electron chi connectivity index (χ0n) is 7.85. The smallest absolute Gasteiger partial charge is 0.361 e. The number of H-pyrrole nitrogens is 1. The van der Waals surface area contributed by atoms with Gasteiger partial charge in [0.05, 0.1) is 5.56 Å². The Morgan fingerprint density at radius 3 is 2.62 bits per heavy atom. The van der Waals surface area contributed by atoms with Gasteiger partial charge in [0.25, 0.3) is 0 Å². The zero-order chi connectivity index (χ0) is 11.8. The van der Waals surface area contributed by atoms with Crippen molar-refractivity contribution in [2.24, 2.45) is 0 Å². The van der Waals surface area contributed by atoms with Crippen LogP contribution in [0, 0.1) is 0 Å². The minimum Gasteiger partial charge on any atom is -0.361 e. The molecular formula is C10H6ClF3N2. The summed E-state index contributed by atoms with van der Waals surface area (Å²) in [7, 11) is 0. The van der Waals surface area contributed by atoms with Crippen molar-refractivity contribution in [1.29, 1.82) is 0 Å². The van der Waals surface area contributed by atoms with E-state index in [2.05, 4.69) is 9.97 Å². The van der Waals surface area contributed by atoms with Crippen LogP contribution in [0.15, 0.2) is 30.6 Å². The van der Waals surface area contributed by atoms with E-state index >= 15 is 0 Å². The van der Waals surface area contributed by atoms with Gasteiger partial charge in [0.1, 0.15) is 5.15 Å². The maximum absolute atomic E-state index is 12.5. The molecule has 0 unspecified atom stereocenters. The summed E-state index contributed by atoms with van der Waals surface area (Å²) in [5, 5.41) is -0.539. The summed E-state index contributed by atoms with van der Waals surface area (Å²) in [5.41, 5.74) is -0.0161. The van der Waals surface area contributed by atoms with Crippen LogP contribution in [0.25, 0.3) is 11.3 Å². The number of alkyl halides is 3. The molecule has 2 aromatic rings. The van der Waals surface area contributed by atoms with E-state index in [0.717, 1.165) is 6.07 Å². The maximum atomic E-state index is 12.5. The Balaban J connectivity index is 2.52. The molecule has 6 heteroatoms. The van der Waals surface area contributed by atoms with Gasteiger partial charge in [0.15, 0.2) is 0 Å². The topological polar surface area (TPSA) is 28.7 Å². The number of pyridine rings is 1. The first-order valence-electron chi connectivity index (χ1n) is 4.35. The SMILES string of the molecule is FC(F)(F)c1cc(-c2ccc[nH]2)cnc1Cl. The van der Waals surface area contributed by atoms with Crippen LogP contribution in [0.2, 0.25) is 5.15 Å². The van der Waals surface area contributed by atoms with Gasteiger partial charge in [-0.1, -0.05) is 11.6 Å². The maximum Gasteiger partial charge on any atom is 0.419 e. The number of hydrogen-bond donors (Lipinski definition) is 1. The van der Waals surface area contributed by atoms with E-state index in [-0.39, 0.29) is 0 Å². The van der Waals surface area contributed by atoms with Crippen LogP contribution >= 0.6 is 11.6 Å². The van der Waals surface area contributed by atoms with Crippen LogP contribution in [-0.4, -0.2) is 9.97 Å². The van der Waals surface area contributed by atoms with Gasteiger partial charge in [0, 0.05) is 23.7 Å². The van der Waals surface area contributed by atoms with E-state index in [1.54, 1.807) is 18.3 Å². The van der Waals surface area contributed by atoms with Gasteiger partial charge in [0.2, 0.25) is 0 Å². The fourth-order valence-corrected chi connectivity index (χ4v) is 1.51. The van der Waals surface area contributed by atoms with Gasteiger partial charge in [-0.3, -0.25) is 0 Å². The molecule has 0 fully saturated rings. The van der Waals surface area contributed by atoms with Gasteiger partial charge >= 0.3 is 6.18 Å². The highest BCUT2D eigenvalue weighted by atomic mass is 35.5. The van der Waals surface area contributed by atoms with Crippen molar-refractivity contribution in [3.05, 3.63) is 41.3 Å². The Hall–Kier alpha value is -1.49. The summed E-state index contributed by atoms with van der Waals surface area (Å²) >= 11 is 5.40. The number of aromatic nitrogens is 2. The molecule has 2 heterocycles. The van der Waals surface area contributed by atoms with Gasteiger partial charge in [-0.25, -0.2) is 4.98 Å². The summed E-state index contributed by atoms with van der Waals surface area (Å²) < 4.78 is 37.6. The number of nitrogens with zero attached hydrogens (tertiary/aromatic N) is 1. The Morgan fingerprint density at radius 1 is 1.31 bits per heavy atom. The molecule has 0 aliphatic rings. The number of rotatable bonds is 1. The van der Waals surface area contributed by atoms with Crippen molar-refractivity contribution in [2.45, 2.75) is 6.18 Å². The van der Waals surface area contributed by atoms with Crippen LogP contribution in [-0.2, 0) is 6.18 Å². The normalized spacial score (nSPS) is 11.8. The van der Waals surface area contributed by atoms with Crippen molar-refractivity contribution >= 4 is 11.6 Å². The standard InChI is InChI=1S/C10H6ClF3N2/c11-9-7(10(12,13)14)4-6(5-16-9)8-2-1-3-15-8/h1-5,15H. The zero-order valence-corrected chi connectivity index (χ0v) is 8.60. The number of hydrogen-bond acceptors (Lipinski definition) is 1. The van der Waals surface area contributed by atoms with Gasteiger partial charge in [-0.2, -0.15) is 13.2 Å². The number of halogens is 4. The quantitative estimate of drug-likeness (QED) is 0.763. The van der Waals surface area contributed by atoms with Crippen LogP contribution in [0.4, 0.5) is 13.2 Å². The van der Waals surface area contributed by atoms with Crippen molar-refractivity contribution in [2.75, 3.05) is 0 Å². The lowest BCUT2D eigenvalue weighted by molar-refractivity contribution is -0.137. The minimum atomic E-state index is -4.49. The highest BCUT2D eigenvalue weighted by molar-refractivity contribution is 6.30. The first kappa shape index (κ1) is 11.0. The Bertz CT molecular complexity index is 491. The molecule has 0 aromatic carbocycles. The molecule has 0 amide bonds. The number of nitrogens with one attached hydrogen (secondary N) is 1. The van der Waals surface area contributed by atoms with E-state index < -0.39 is 16.9 Å². The summed E-state index contributed by atoms with van der Waals surface area (Å²) in [6.07, 6.45) is -1.58. The van der Waals surface area contributed by atoms with Crippen molar-refractivity contribution in [3.63, 3.8) is 0 Å². The van der Waals surface area contributed by atoms with Crippen LogP contribution in [0.5, 0.6) is 0 Å². The largest absolute Gasteiger partial charge is 0.419 e. The van der Waals surface area contributed by atoms with Crippen LogP contribution in [0.3, 0.4) is 0 Å². The predicted molar refractivity (Wildman–Crippen MR) is 54.0 cm³/mol. The van der Waals surface area contributed by atoms with Crippen LogP contribution in [0.1, 0.15) is 5.56 Å². The molecule has 0 saturated heterocycles. The average Bonchev–Trinajstić information content (AvgIpc) is 2.69. The fraction of sp³-hybridized carbons (Fsp3) is 0.100. The van der Waals surface area contributed by atoms with E-state index in [1.807, 2.05) is 0 Å². The molecule has 0 radical (unpaired) electrons. The predicted octanol–water partition coefficient (Wildman–Crippen LogP) is 3.75. The van der Waals surface area contributed by atoms with Gasteiger partial charge < -0.3 is 4.98 Å². The summed E-state index contributed by atoms with van der Waals surface area (Å²) in [4.78, 5) is 6.33. The third kappa shape index (κ3) is 2.04. The molecule has 0 atom stereocenters. The van der Waals surface area contributed by atoms with E-state index in [9.17, 15) is 13.2 Å². The second kappa shape index (κ2) is 3.83. The third-order valence-electron chi connectivity index (χ3n) is 2.05. The lowest BCUT2D eigenvalue weighted by Gasteiger charge is -2.09. The molecule has 0 spiro atoms. The monoisotopic (exact) mass is 246 g/mol. The summed E-state index contributed by atoms with van der Waals surface area (Å²) in [6, 6.07) is 4.32. The molecule has 0 aliphatic carbocycles. The first-order valence-corrected chi connectivity index (χ1v) is 4.73. The second-order valence-corrected chi connectivity index (χ2v) is 3.50. The molecule has 2 rings (SSSR count). The van der Waals surface area contributed by atoms with Crippen molar-refractivity contribution in [1.82, 2.24) is 9.97 Å². The Kier molecular flexibility index (Phi) is 2.63. The second-order valence-electron chi connectivity index (χ2n) is 3.14. The fourth-order valence-electron chi connectivity index (χ4n) is 1.30. The van der Waals surface area contributed by atoms with Crippen molar-refractivity contribution in [3.8, 4) is 11.3 Å². The third-order valence-corrected chi connectivity index (χ3v) is 2.35.